The Kier molecular flexibility index (Phi) is 4.57. The second-order valence-electron chi connectivity index (χ2n) is 6.72. The molecule has 2 fully saturated rings. The van der Waals surface area contributed by atoms with Crippen LogP contribution in [-0.2, 0) is 10.3 Å². The number of carbonyl (C=O) groups excluding carboxylic acids is 1. The van der Waals surface area contributed by atoms with Gasteiger partial charge in [0.1, 0.15) is 5.54 Å². The number of carbonyl (C=O) groups is 1. The number of nitrogens with one attached hydrogen (secondary N) is 1. The number of hydrogen-bond acceptors (Lipinski definition) is 3. The lowest BCUT2D eigenvalue weighted by molar-refractivity contribution is -0.127. The molecule has 0 radical (unpaired) electrons. The number of amides is 1. The number of halogens is 1. The Hall–Kier alpha value is -0.910. The maximum Gasteiger partial charge on any atom is 0.244 e. The third-order valence-electron chi connectivity index (χ3n) is 4.84. The number of nitrogens with two attached hydrogens (primary N) is 1. The molecule has 1 aliphatic heterocycles. The third-order valence-corrected chi connectivity index (χ3v) is 5.37. The fraction of sp³-hybridized carbons (Fsp3) is 0.588. The minimum absolute atomic E-state index is 0.0836. The van der Waals surface area contributed by atoms with E-state index in [9.17, 15) is 4.79 Å². The monoisotopic (exact) mass is 365 g/mol. The average molecular weight is 366 g/mol. The van der Waals surface area contributed by atoms with E-state index in [0.29, 0.717) is 0 Å². The van der Waals surface area contributed by atoms with E-state index in [1.54, 1.807) is 6.92 Å². The van der Waals surface area contributed by atoms with Gasteiger partial charge in [0, 0.05) is 29.6 Å². The van der Waals surface area contributed by atoms with Crippen molar-refractivity contribution in [2.24, 2.45) is 5.73 Å². The van der Waals surface area contributed by atoms with Gasteiger partial charge in [0.15, 0.2) is 0 Å². The molecule has 0 bridgehead atoms. The summed E-state index contributed by atoms with van der Waals surface area (Å²) < 4.78 is 0.986. The maximum absolute atomic E-state index is 12.6. The topological polar surface area (TPSA) is 58.4 Å². The Morgan fingerprint density at radius 1 is 1.23 bits per heavy atom. The van der Waals surface area contributed by atoms with E-state index < -0.39 is 5.54 Å². The lowest BCUT2D eigenvalue weighted by atomic mass is 9.91. The summed E-state index contributed by atoms with van der Waals surface area (Å²) in [6.45, 7) is 3.97. The van der Waals surface area contributed by atoms with Gasteiger partial charge in [0.25, 0.3) is 0 Å². The maximum atomic E-state index is 12.6. The highest BCUT2D eigenvalue weighted by Crippen LogP contribution is 2.29. The standard InChI is InChI=1S/C17H24BrN3O/c1-17(19,12-2-4-13(18)5-3-12)16(22)20-14-8-10-21(11-9-14)15-6-7-15/h2-5,14-15H,6-11,19H2,1H3,(H,20,22). The molecule has 1 heterocycles. The average Bonchev–Trinajstić information content (AvgIpc) is 3.33. The normalized spacial score (nSPS) is 23.0. The van der Waals surface area contributed by atoms with E-state index in [-0.39, 0.29) is 11.9 Å². The van der Waals surface area contributed by atoms with Crippen molar-refractivity contribution in [2.45, 2.75) is 50.2 Å². The molecular formula is C17H24BrN3O. The molecule has 3 N–H and O–H groups in total. The Morgan fingerprint density at radius 3 is 2.36 bits per heavy atom. The van der Waals surface area contributed by atoms with Crippen LogP contribution in [0.2, 0.25) is 0 Å². The van der Waals surface area contributed by atoms with E-state index >= 15 is 0 Å². The summed E-state index contributed by atoms with van der Waals surface area (Å²) in [5.41, 5.74) is 6.14. The molecule has 1 aliphatic carbocycles. The van der Waals surface area contributed by atoms with Gasteiger partial charge in [-0.2, -0.15) is 0 Å². The Morgan fingerprint density at radius 2 is 1.82 bits per heavy atom. The zero-order valence-electron chi connectivity index (χ0n) is 13.0. The first-order valence-corrected chi connectivity index (χ1v) is 8.86. The molecule has 0 aromatic heterocycles. The number of benzene rings is 1. The van der Waals surface area contributed by atoms with Crippen molar-refractivity contribution < 1.29 is 4.79 Å². The quantitative estimate of drug-likeness (QED) is 0.860. The minimum Gasteiger partial charge on any atom is -0.351 e. The molecule has 1 aromatic rings. The largest absolute Gasteiger partial charge is 0.351 e. The van der Waals surface area contributed by atoms with Crippen molar-refractivity contribution in [3.05, 3.63) is 34.3 Å². The van der Waals surface area contributed by atoms with Gasteiger partial charge in [-0.05, 0) is 50.3 Å². The van der Waals surface area contributed by atoms with Crippen LogP contribution in [0.5, 0.6) is 0 Å². The molecule has 1 unspecified atom stereocenters. The van der Waals surface area contributed by atoms with E-state index in [1.807, 2.05) is 24.3 Å². The molecule has 4 nitrogen and oxygen atoms in total. The fourth-order valence-corrected chi connectivity index (χ4v) is 3.38. The highest BCUT2D eigenvalue weighted by atomic mass is 79.9. The summed E-state index contributed by atoms with van der Waals surface area (Å²) in [6.07, 6.45) is 4.75. The van der Waals surface area contributed by atoms with E-state index in [0.717, 1.165) is 42.0 Å². The SMILES string of the molecule is CC(N)(C(=O)NC1CCN(C2CC2)CC1)c1ccc(Br)cc1. The summed E-state index contributed by atoms with van der Waals surface area (Å²) in [4.78, 5) is 15.1. The Balaban J connectivity index is 1.57. The van der Waals surface area contributed by atoms with Crippen LogP contribution in [0.25, 0.3) is 0 Å². The van der Waals surface area contributed by atoms with Gasteiger partial charge in [0.05, 0.1) is 0 Å². The van der Waals surface area contributed by atoms with Crippen LogP contribution in [-0.4, -0.2) is 36.0 Å². The van der Waals surface area contributed by atoms with Crippen LogP contribution in [0.1, 0.15) is 38.2 Å². The fourth-order valence-electron chi connectivity index (χ4n) is 3.11. The van der Waals surface area contributed by atoms with Gasteiger partial charge < -0.3 is 16.0 Å². The van der Waals surface area contributed by atoms with E-state index in [2.05, 4.69) is 26.1 Å². The van der Waals surface area contributed by atoms with Gasteiger partial charge in [-0.1, -0.05) is 28.1 Å². The summed E-state index contributed by atoms with van der Waals surface area (Å²) in [5.74, 6) is -0.0836. The summed E-state index contributed by atoms with van der Waals surface area (Å²) in [6, 6.07) is 8.71. The number of piperidine rings is 1. The van der Waals surface area contributed by atoms with Crippen molar-refractivity contribution in [3.63, 3.8) is 0 Å². The predicted molar refractivity (Wildman–Crippen MR) is 91.4 cm³/mol. The zero-order chi connectivity index (χ0) is 15.7. The molecule has 22 heavy (non-hydrogen) atoms. The van der Waals surface area contributed by atoms with Gasteiger partial charge in [-0.3, -0.25) is 4.79 Å². The second-order valence-corrected chi connectivity index (χ2v) is 7.64. The molecule has 1 saturated heterocycles. The van der Waals surface area contributed by atoms with Crippen molar-refractivity contribution in [3.8, 4) is 0 Å². The number of rotatable bonds is 4. The van der Waals surface area contributed by atoms with Crippen LogP contribution >= 0.6 is 15.9 Å². The van der Waals surface area contributed by atoms with Crippen LogP contribution in [0.3, 0.4) is 0 Å². The smallest absolute Gasteiger partial charge is 0.244 e. The summed E-state index contributed by atoms with van der Waals surface area (Å²) in [7, 11) is 0. The highest BCUT2D eigenvalue weighted by Gasteiger charge is 2.35. The van der Waals surface area contributed by atoms with Crippen molar-refractivity contribution in [2.75, 3.05) is 13.1 Å². The van der Waals surface area contributed by atoms with Gasteiger partial charge in [-0.25, -0.2) is 0 Å². The van der Waals surface area contributed by atoms with Gasteiger partial charge in [0.2, 0.25) is 5.91 Å². The second kappa shape index (κ2) is 6.30. The van der Waals surface area contributed by atoms with Crippen LogP contribution in [0.4, 0.5) is 0 Å². The molecule has 1 amide bonds. The van der Waals surface area contributed by atoms with E-state index in [1.165, 1.54) is 12.8 Å². The van der Waals surface area contributed by atoms with Crippen molar-refractivity contribution in [1.29, 1.82) is 0 Å². The first kappa shape index (κ1) is 16.0. The Labute approximate surface area is 140 Å². The van der Waals surface area contributed by atoms with Gasteiger partial charge >= 0.3 is 0 Å². The third kappa shape index (κ3) is 3.53. The number of likely N-dealkylation sites (tertiary alicyclic amines) is 1. The first-order chi connectivity index (χ1) is 10.5. The molecular weight excluding hydrogens is 342 g/mol. The molecule has 1 atom stereocenters. The zero-order valence-corrected chi connectivity index (χ0v) is 14.6. The minimum atomic E-state index is -0.992. The lowest BCUT2D eigenvalue weighted by Gasteiger charge is -2.34. The van der Waals surface area contributed by atoms with Crippen LogP contribution in [0, 0.1) is 0 Å². The number of nitrogens with zero attached hydrogens (tertiary/aromatic N) is 1. The van der Waals surface area contributed by atoms with Crippen molar-refractivity contribution in [1.82, 2.24) is 10.2 Å². The summed E-state index contributed by atoms with van der Waals surface area (Å²) in [5, 5.41) is 3.15. The van der Waals surface area contributed by atoms with Crippen LogP contribution in [0.15, 0.2) is 28.7 Å². The molecule has 120 valence electrons. The van der Waals surface area contributed by atoms with E-state index in [4.69, 9.17) is 5.73 Å². The molecule has 1 saturated carbocycles. The predicted octanol–water partition coefficient (Wildman–Crippen LogP) is 2.37. The number of hydrogen-bond donors (Lipinski definition) is 2. The first-order valence-electron chi connectivity index (χ1n) is 8.07. The van der Waals surface area contributed by atoms with Crippen molar-refractivity contribution >= 4 is 21.8 Å². The molecule has 1 aromatic carbocycles. The summed E-state index contributed by atoms with van der Waals surface area (Å²) >= 11 is 3.41. The molecule has 3 rings (SSSR count). The Bertz CT molecular complexity index is 531. The van der Waals surface area contributed by atoms with Crippen LogP contribution < -0.4 is 11.1 Å². The molecule has 2 aliphatic rings. The highest BCUT2D eigenvalue weighted by molar-refractivity contribution is 9.10. The van der Waals surface area contributed by atoms with Gasteiger partial charge in [-0.15, -0.1) is 0 Å². The lowest BCUT2D eigenvalue weighted by Crippen LogP contribution is -2.54. The molecule has 0 spiro atoms. The molecule has 5 heteroatoms.